The van der Waals surface area contributed by atoms with Crippen LogP contribution < -0.4 is 10.6 Å². The van der Waals surface area contributed by atoms with Crippen LogP contribution in [0.2, 0.25) is 0 Å². The molecule has 5 rings (SSSR count). The predicted molar refractivity (Wildman–Crippen MR) is 110 cm³/mol. The highest BCUT2D eigenvalue weighted by atomic mass is 15.2. The van der Waals surface area contributed by atoms with E-state index in [-0.39, 0.29) is 0 Å². The van der Waals surface area contributed by atoms with Gasteiger partial charge in [-0.15, -0.1) is 0 Å². The Morgan fingerprint density at radius 2 is 2.11 bits per heavy atom. The molecule has 0 radical (unpaired) electrons. The average Bonchev–Trinajstić information content (AvgIpc) is 3.41. The summed E-state index contributed by atoms with van der Waals surface area (Å²) in [4.78, 5) is 15.9. The van der Waals surface area contributed by atoms with Crippen molar-refractivity contribution in [1.29, 1.82) is 0 Å². The molecule has 4 aromatic heterocycles. The summed E-state index contributed by atoms with van der Waals surface area (Å²) < 4.78 is 0. The summed E-state index contributed by atoms with van der Waals surface area (Å²) in [5.74, 6) is 1.52. The maximum Gasteiger partial charge on any atom is 0.129 e. The normalized spacial score (nSPS) is 16.8. The number of rotatable bonds is 4. The molecule has 1 atom stereocenters. The van der Waals surface area contributed by atoms with Crippen molar-refractivity contribution in [3.8, 4) is 22.6 Å². The lowest BCUT2D eigenvalue weighted by Crippen LogP contribution is -2.23. The fourth-order valence-electron chi connectivity index (χ4n) is 3.75. The summed E-state index contributed by atoms with van der Waals surface area (Å²) in [7, 11) is 0. The number of anilines is 1. The van der Waals surface area contributed by atoms with Crippen LogP contribution in [0.25, 0.3) is 33.5 Å². The maximum absolute atomic E-state index is 5.83. The number of H-pyrrole nitrogens is 1. The third-order valence-corrected chi connectivity index (χ3v) is 5.32. The fraction of sp³-hybridized carbons (Fsp3) is 0.238. The van der Waals surface area contributed by atoms with Gasteiger partial charge >= 0.3 is 0 Å². The zero-order chi connectivity index (χ0) is 18.9. The first-order valence-electron chi connectivity index (χ1n) is 9.49. The second-order valence-electron chi connectivity index (χ2n) is 7.15. The van der Waals surface area contributed by atoms with Crippen molar-refractivity contribution in [3.63, 3.8) is 0 Å². The lowest BCUT2D eigenvalue weighted by molar-refractivity contribution is 0.602. The molecule has 5 heterocycles. The molecule has 7 heteroatoms. The standard InChI is InChI=1S/C21H21N7/c22-10-14-6-8-28(13-14)20-5-1-4-17(25-20)21-16-9-18(15-3-2-7-23-11-15)24-12-19(16)26-27-21/h1-5,7,9,11-12,14H,6,8,10,13,22H2,(H,26,27). The molecular formula is C21H21N7. The van der Waals surface area contributed by atoms with Crippen molar-refractivity contribution < 1.29 is 0 Å². The molecule has 0 aromatic carbocycles. The Kier molecular flexibility index (Phi) is 4.21. The van der Waals surface area contributed by atoms with Gasteiger partial charge < -0.3 is 10.6 Å². The van der Waals surface area contributed by atoms with E-state index in [0.717, 1.165) is 65.4 Å². The van der Waals surface area contributed by atoms with Crippen molar-refractivity contribution in [2.45, 2.75) is 6.42 Å². The van der Waals surface area contributed by atoms with Gasteiger partial charge in [0.2, 0.25) is 0 Å². The van der Waals surface area contributed by atoms with Crippen LogP contribution in [0.1, 0.15) is 6.42 Å². The van der Waals surface area contributed by atoms with Crippen molar-refractivity contribution in [1.82, 2.24) is 25.1 Å². The van der Waals surface area contributed by atoms with Gasteiger partial charge in [-0.05, 0) is 49.2 Å². The van der Waals surface area contributed by atoms with Crippen LogP contribution in [-0.2, 0) is 0 Å². The minimum Gasteiger partial charge on any atom is -0.356 e. The Morgan fingerprint density at radius 1 is 1.14 bits per heavy atom. The van der Waals surface area contributed by atoms with Gasteiger partial charge in [0, 0.05) is 36.4 Å². The molecule has 28 heavy (non-hydrogen) atoms. The monoisotopic (exact) mass is 371 g/mol. The predicted octanol–water partition coefficient (Wildman–Crippen LogP) is 2.87. The molecular weight excluding hydrogens is 350 g/mol. The second kappa shape index (κ2) is 7.01. The number of hydrogen-bond acceptors (Lipinski definition) is 6. The van der Waals surface area contributed by atoms with E-state index in [2.05, 4.69) is 31.1 Å². The molecule has 0 saturated carbocycles. The molecule has 7 nitrogen and oxygen atoms in total. The topological polar surface area (TPSA) is 96.6 Å². The van der Waals surface area contributed by atoms with Gasteiger partial charge in [0.15, 0.2) is 0 Å². The van der Waals surface area contributed by atoms with Gasteiger partial charge in [-0.25, -0.2) is 4.98 Å². The Bertz CT molecular complexity index is 1110. The maximum atomic E-state index is 5.83. The van der Waals surface area contributed by atoms with E-state index in [1.165, 1.54) is 0 Å². The molecule has 1 unspecified atom stereocenters. The van der Waals surface area contributed by atoms with Gasteiger partial charge in [-0.2, -0.15) is 5.10 Å². The van der Waals surface area contributed by atoms with E-state index in [9.17, 15) is 0 Å². The highest BCUT2D eigenvalue weighted by molar-refractivity contribution is 5.93. The SMILES string of the molecule is NCC1CCN(c2cccc(-c3n[nH]c4cnc(-c5cccnc5)cc34)n2)C1. The van der Waals surface area contributed by atoms with E-state index in [1.54, 1.807) is 6.20 Å². The molecule has 3 N–H and O–H groups in total. The molecule has 1 aliphatic heterocycles. The zero-order valence-corrected chi connectivity index (χ0v) is 15.4. The number of pyridine rings is 3. The number of aromatic amines is 1. The molecule has 4 aromatic rings. The van der Waals surface area contributed by atoms with Gasteiger partial charge in [0.1, 0.15) is 11.5 Å². The number of nitrogens with one attached hydrogen (secondary N) is 1. The number of aromatic nitrogens is 5. The van der Waals surface area contributed by atoms with Crippen LogP contribution in [0, 0.1) is 5.92 Å². The van der Waals surface area contributed by atoms with Crippen LogP contribution in [0.3, 0.4) is 0 Å². The van der Waals surface area contributed by atoms with Crippen molar-refractivity contribution in [2.75, 3.05) is 24.5 Å². The Morgan fingerprint density at radius 3 is 2.93 bits per heavy atom. The molecule has 0 amide bonds. The summed E-state index contributed by atoms with van der Waals surface area (Å²) >= 11 is 0. The van der Waals surface area contributed by atoms with Crippen molar-refractivity contribution in [2.24, 2.45) is 11.7 Å². The summed E-state index contributed by atoms with van der Waals surface area (Å²) in [6, 6.07) is 12.0. The summed E-state index contributed by atoms with van der Waals surface area (Å²) in [5.41, 5.74) is 10.2. The first-order valence-corrected chi connectivity index (χ1v) is 9.49. The summed E-state index contributed by atoms with van der Waals surface area (Å²) in [5, 5.41) is 8.59. The van der Waals surface area contributed by atoms with Crippen molar-refractivity contribution >= 4 is 16.7 Å². The Balaban J connectivity index is 1.54. The van der Waals surface area contributed by atoms with Crippen LogP contribution in [0.5, 0.6) is 0 Å². The average molecular weight is 371 g/mol. The highest BCUT2D eigenvalue weighted by Crippen LogP contribution is 2.30. The summed E-state index contributed by atoms with van der Waals surface area (Å²) in [6.07, 6.45) is 6.50. The smallest absolute Gasteiger partial charge is 0.129 e. The zero-order valence-electron chi connectivity index (χ0n) is 15.4. The minimum atomic E-state index is 0.546. The third kappa shape index (κ3) is 2.99. The van der Waals surface area contributed by atoms with E-state index in [1.807, 2.05) is 42.7 Å². The van der Waals surface area contributed by atoms with Crippen LogP contribution in [0.4, 0.5) is 5.82 Å². The second-order valence-corrected chi connectivity index (χ2v) is 7.15. The van der Waals surface area contributed by atoms with Gasteiger partial charge in [-0.1, -0.05) is 6.07 Å². The minimum absolute atomic E-state index is 0.546. The van der Waals surface area contributed by atoms with Gasteiger partial charge in [-0.3, -0.25) is 15.1 Å². The van der Waals surface area contributed by atoms with Gasteiger partial charge in [0.05, 0.1) is 23.1 Å². The molecule has 1 fully saturated rings. The molecule has 0 spiro atoms. The van der Waals surface area contributed by atoms with Crippen LogP contribution in [0.15, 0.2) is 55.0 Å². The lowest BCUT2D eigenvalue weighted by atomic mass is 10.1. The first kappa shape index (κ1) is 16.8. The molecule has 1 saturated heterocycles. The first-order chi connectivity index (χ1) is 13.8. The van der Waals surface area contributed by atoms with Gasteiger partial charge in [0.25, 0.3) is 0 Å². The summed E-state index contributed by atoms with van der Waals surface area (Å²) in [6.45, 7) is 2.68. The Labute approximate surface area is 162 Å². The number of nitrogens with two attached hydrogens (primary N) is 1. The van der Waals surface area contributed by atoms with Crippen molar-refractivity contribution in [3.05, 3.63) is 55.0 Å². The molecule has 140 valence electrons. The lowest BCUT2D eigenvalue weighted by Gasteiger charge is -2.17. The highest BCUT2D eigenvalue weighted by Gasteiger charge is 2.23. The fourth-order valence-corrected chi connectivity index (χ4v) is 3.75. The largest absolute Gasteiger partial charge is 0.356 e. The van der Waals surface area contributed by atoms with E-state index in [0.29, 0.717) is 5.92 Å². The third-order valence-electron chi connectivity index (χ3n) is 5.32. The molecule has 0 aliphatic carbocycles. The Hall–Kier alpha value is -3.32. The van der Waals surface area contributed by atoms with E-state index >= 15 is 0 Å². The number of hydrogen-bond donors (Lipinski definition) is 2. The van der Waals surface area contributed by atoms with E-state index < -0.39 is 0 Å². The molecule has 1 aliphatic rings. The van der Waals surface area contributed by atoms with Crippen LogP contribution >= 0.6 is 0 Å². The molecule has 0 bridgehead atoms. The quantitative estimate of drug-likeness (QED) is 0.573. The van der Waals surface area contributed by atoms with Crippen LogP contribution in [-0.4, -0.2) is 44.8 Å². The number of nitrogens with zero attached hydrogens (tertiary/aromatic N) is 5. The number of fused-ring (bicyclic) bond motifs is 1. The van der Waals surface area contributed by atoms with E-state index in [4.69, 9.17) is 10.7 Å².